The molecule has 0 bridgehead atoms. The van der Waals surface area contributed by atoms with Gasteiger partial charge in [-0.2, -0.15) is 16.8 Å². The summed E-state index contributed by atoms with van der Waals surface area (Å²) in [6.07, 6.45) is 0. The lowest BCUT2D eigenvalue weighted by Gasteiger charge is -1.97. The monoisotopic (exact) mass is 396 g/mol. The highest BCUT2D eigenvalue weighted by Crippen LogP contribution is 2.11. The van der Waals surface area contributed by atoms with Crippen molar-refractivity contribution in [2.45, 2.75) is 11.5 Å². The van der Waals surface area contributed by atoms with Crippen LogP contribution in [-0.4, -0.2) is 25.9 Å². The van der Waals surface area contributed by atoms with Gasteiger partial charge in [0.15, 0.2) is 0 Å². The van der Waals surface area contributed by atoms with Gasteiger partial charge in [-0.3, -0.25) is 9.11 Å². The molecule has 0 aliphatic rings. The van der Waals surface area contributed by atoms with Gasteiger partial charge in [-0.05, 0) is 35.4 Å². The Kier molecular flexibility index (Phi) is 7.30. The van der Waals surface area contributed by atoms with Gasteiger partial charge in [-0.1, -0.05) is 35.9 Å². The molecule has 0 radical (unpaired) electrons. The molecule has 6 nitrogen and oxygen atoms in total. The summed E-state index contributed by atoms with van der Waals surface area (Å²) < 4.78 is 70.7. The molecule has 0 saturated carbocycles. The van der Waals surface area contributed by atoms with E-state index in [9.17, 15) is 21.2 Å². The third-order valence-corrected chi connectivity index (χ3v) is 4.17. The van der Waals surface area contributed by atoms with E-state index in [1.54, 1.807) is 24.3 Å². The van der Waals surface area contributed by atoms with Crippen LogP contribution in [0.15, 0.2) is 48.5 Å². The van der Waals surface area contributed by atoms with Crippen molar-refractivity contribution in [1.82, 2.24) is 0 Å². The molecule has 132 valence electrons. The zero-order chi connectivity index (χ0) is 18.4. The van der Waals surface area contributed by atoms with E-state index in [0.717, 1.165) is 12.1 Å². The number of hydrogen-bond donors (Lipinski definition) is 2. The van der Waals surface area contributed by atoms with E-state index in [2.05, 4.69) is 0 Å². The van der Waals surface area contributed by atoms with Crippen LogP contribution in [0.3, 0.4) is 0 Å². The van der Waals surface area contributed by atoms with Gasteiger partial charge in [0.2, 0.25) is 0 Å². The highest BCUT2D eigenvalue weighted by Gasteiger charge is 2.06. The molecule has 0 unspecified atom stereocenters. The molecule has 2 aromatic carbocycles. The lowest BCUT2D eigenvalue weighted by Crippen LogP contribution is -2.01. The number of rotatable bonds is 4. The lowest BCUT2D eigenvalue weighted by molar-refractivity contribution is 0.479. The Balaban J connectivity index is 0.000000240. The van der Waals surface area contributed by atoms with Gasteiger partial charge in [-0.15, -0.1) is 0 Å². The maximum atomic E-state index is 12.3. The summed E-state index contributed by atoms with van der Waals surface area (Å²) in [6, 6.07) is 11.1. The Morgan fingerprint density at radius 2 is 1.08 bits per heavy atom. The summed E-state index contributed by atoms with van der Waals surface area (Å²) in [6.45, 7) is 0. The molecule has 0 fully saturated rings. The molecule has 0 atom stereocenters. The van der Waals surface area contributed by atoms with Gasteiger partial charge in [0.25, 0.3) is 20.2 Å². The van der Waals surface area contributed by atoms with Crippen molar-refractivity contribution < 1.29 is 30.3 Å². The molecule has 24 heavy (non-hydrogen) atoms. The van der Waals surface area contributed by atoms with Crippen molar-refractivity contribution in [3.05, 3.63) is 70.5 Å². The van der Waals surface area contributed by atoms with Crippen LogP contribution in [0.2, 0.25) is 5.02 Å². The summed E-state index contributed by atoms with van der Waals surface area (Å²) >= 11 is 5.57. The largest absolute Gasteiger partial charge is 0.285 e. The van der Waals surface area contributed by atoms with Gasteiger partial charge >= 0.3 is 0 Å². The van der Waals surface area contributed by atoms with Crippen molar-refractivity contribution in [2.24, 2.45) is 0 Å². The van der Waals surface area contributed by atoms with Crippen molar-refractivity contribution in [3.63, 3.8) is 0 Å². The summed E-state index contributed by atoms with van der Waals surface area (Å²) in [5.41, 5.74) is 0.876. The minimum Gasteiger partial charge on any atom is -0.285 e. The summed E-state index contributed by atoms with van der Waals surface area (Å²) in [5.74, 6) is -1.29. The molecule has 2 rings (SSSR count). The number of halogens is 2. The van der Waals surface area contributed by atoms with Crippen LogP contribution < -0.4 is 0 Å². The predicted octanol–water partition coefficient (Wildman–Crippen LogP) is 2.94. The molecule has 0 aliphatic heterocycles. The van der Waals surface area contributed by atoms with Crippen LogP contribution in [0.1, 0.15) is 11.1 Å². The van der Waals surface area contributed by atoms with Gasteiger partial charge < -0.3 is 0 Å². The standard InChI is InChI=1S/C7H7ClO3S.C7H7FO3S/c2*8-7-3-1-6(2-4-7)5-12(9,10)11/h2*1-4H,5H2,(H,9,10,11). The molecule has 0 saturated heterocycles. The second-order valence-corrected chi connectivity index (χ2v) is 8.05. The Hall–Kier alpha value is -1.52. The molecular formula is C14H14ClFO6S2. The Bertz CT molecular complexity index is 787. The molecule has 2 N–H and O–H groups in total. The Morgan fingerprint density at radius 3 is 1.42 bits per heavy atom. The van der Waals surface area contributed by atoms with Crippen molar-refractivity contribution in [2.75, 3.05) is 0 Å². The lowest BCUT2D eigenvalue weighted by atomic mass is 10.2. The quantitative estimate of drug-likeness (QED) is 0.769. The highest BCUT2D eigenvalue weighted by atomic mass is 35.5. The second-order valence-electron chi connectivity index (χ2n) is 4.71. The fourth-order valence-corrected chi connectivity index (χ4v) is 2.94. The molecule has 0 heterocycles. The second kappa shape index (κ2) is 8.54. The van der Waals surface area contributed by atoms with Gasteiger partial charge in [0.05, 0.1) is 0 Å². The first-order valence-electron chi connectivity index (χ1n) is 6.34. The normalized spacial score (nSPS) is 11.5. The topological polar surface area (TPSA) is 109 Å². The van der Waals surface area contributed by atoms with E-state index in [1.165, 1.54) is 12.1 Å². The van der Waals surface area contributed by atoms with E-state index in [-0.39, 0.29) is 5.75 Å². The highest BCUT2D eigenvalue weighted by molar-refractivity contribution is 7.85. The molecule has 0 spiro atoms. The summed E-state index contributed by atoms with van der Waals surface area (Å²) in [7, 11) is -7.95. The zero-order valence-corrected chi connectivity index (χ0v) is 14.5. The minimum atomic E-state index is -4.01. The predicted molar refractivity (Wildman–Crippen MR) is 88.4 cm³/mol. The molecule has 0 aliphatic carbocycles. The third-order valence-electron chi connectivity index (χ3n) is 2.52. The van der Waals surface area contributed by atoms with Crippen LogP contribution in [0, 0.1) is 5.82 Å². The fraction of sp³-hybridized carbons (Fsp3) is 0.143. The molecule has 0 amide bonds. The molecular weight excluding hydrogens is 383 g/mol. The van der Waals surface area contributed by atoms with Crippen molar-refractivity contribution >= 4 is 31.8 Å². The van der Waals surface area contributed by atoms with Gasteiger partial charge in [0.1, 0.15) is 17.3 Å². The maximum absolute atomic E-state index is 12.3. The van der Waals surface area contributed by atoms with E-state index in [0.29, 0.717) is 16.1 Å². The van der Waals surface area contributed by atoms with E-state index in [1.807, 2.05) is 0 Å². The third kappa shape index (κ3) is 9.58. The van der Waals surface area contributed by atoms with E-state index < -0.39 is 31.8 Å². The van der Waals surface area contributed by atoms with Crippen LogP contribution in [-0.2, 0) is 31.7 Å². The van der Waals surface area contributed by atoms with E-state index in [4.69, 9.17) is 20.7 Å². The van der Waals surface area contributed by atoms with Crippen LogP contribution in [0.5, 0.6) is 0 Å². The van der Waals surface area contributed by atoms with Crippen LogP contribution >= 0.6 is 11.6 Å². The van der Waals surface area contributed by atoms with Crippen molar-refractivity contribution in [1.29, 1.82) is 0 Å². The zero-order valence-electron chi connectivity index (χ0n) is 12.1. The summed E-state index contributed by atoms with van der Waals surface area (Å²) in [5, 5.41) is 0.536. The SMILES string of the molecule is O=S(=O)(O)Cc1ccc(Cl)cc1.O=S(=O)(O)Cc1ccc(F)cc1. The molecule has 2 aromatic rings. The Labute approximate surface area is 144 Å². The van der Waals surface area contributed by atoms with Crippen LogP contribution in [0.25, 0.3) is 0 Å². The fourth-order valence-electron chi connectivity index (χ4n) is 1.58. The molecule has 10 heteroatoms. The van der Waals surface area contributed by atoms with Crippen molar-refractivity contribution in [3.8, 4) is 0 Å². The minimum absolute atomic E-state index is 0.360. The number of hydrogen-bond acceptors (Lipinski definition) is 4. The number of benzene rings is 2. The average Bonchev–Trinajstić information content (AvgIpc) is 2.42. The summed E-state index contributed by atoms with van der Waals surface area (Å²) in [4.78, 5) is 0. The first-order valence-corrected chi connectivity index (χ1v) is 9.93. The Morgan fingerprint density at radius 1 is 0.750 bits per heavy atom. The van der Waals surface area contributed by atoms with Gasteiger partial charge in [-0.25, -0.2) is 4.39 Å². The smallest absolute Gasteiger partial charge is 0.269 e. The first kappa shape index (κ1) is 20.5. The van der Waals surface area contributed by atoms with E-state index >= 15 is 0 Å². The van der Waals surface area contributed by atoms with Crippen LogP contribution in [0.4, 0.5) is 4.39 Å². The van der Waals surface area contributed by atoms with Gasteiger partial charge in [0, 0.05) is 5.02 Å². The maximum Gasteiger partial charge on any atom is 0.269 e. The average molecular weight is 397 g/mol. The molecule has 0 aromatic heterocycles. The first-order chi connectivity index (χ1) is 10.9.